The smallest absolute Gasteiger partial charge is 0.416 e. The summed E-state index contributed by atoms with van der Waals surface area (Å²) >= 11 is 3.07. The van der Waals surface area contributed by atoms with Gasteiger partial charge in [0.2, 0.25) is 0 Å². The highest BCUT2D eigenvalue weighted by Crippen LogP contribution is 2.31. The van der Waals surface area contributed by atoms with E-state index in [2.05, 4.69) is 25.9 Å². The van der Waals surface area contributed by atoms with Crippen molar-refractivity contribution in [1.29, 1.82) is 0 Å². The minimum Gasteiger partial charge on any atom is -0.543 e. The van der Waals surface area contributed by atoms with Gasteiger partial charge in [0.15, 0.2) is 0 Å². The molecule has 0 bridgehead atoms. The van der Waals surface area contributed by atoms with E-state index in [0.29, 0.717) is 5.56 Å². The minimum atomic E-state index is -4.44. The van der Waals surface area contributed by atoms with Crippen LogP contribution in [0.5, 0.6) is 0 Å². The third-order valence-corrected chi connectivity index (χ3v) is 3.00. The first-order chi connectivity index (χ1) is 9.29. The number of hydrogen-bond donors (Lipinski definition) is 0. The van der Waals surface area contributed by atoms with Crippen LogP contribution in [-0.2, 0) is 6.18 Å². The van der Waals surface area contributed by atoms with E-state index in [9.17, 15) is 23.1 Å². The summed E-state index contributed by atoms with van der Waals surface area (Å²) in [5.41, 5.74) is -0.773. The summed E-state index contributed by atoms with van der Waals surface area (Å²) in [4.78, 5) is 18.2. The quantitative estimate of drug-likeness (QED) is 0.837. The van der Waals surface area contributed by atoms with Crippen LogP contribution in [0.2, 0.25) is 0 Å². The van der Waals surface area contributed by atoms with Crippen LogP contribution in [0.15, 0.2) is 35.1 Å². The Kier molecular flexibility index (Phi) is 3.76. The summed E-state index contributed by atoms with van der Waals surface area (Å²) < 4.78 is 37.6. The van der Waals surface area contributed by atoms with Crippen molar-refractivity contribution in [3.05, 3.63) is 46.3 Å². The Balaban J connectivity index is 2.46. The van der Waals surface area contributed by atoms with Crippen molar-refractivity contribution < 1.29 is 23.1 Å². The van der Waals surface area contributed by atoms with Crippen molar-refractivity contribution in [3.63, 3.8) is 0 Å². The molecule has 0 atom stereocenters. The highest BCUT2D eigenvalue weighted by molar-refractivity contribution is 9.10. The highest BCUT2D eigenvalue weighted by atomic mass is 79.9. The number of carbonyl (C=O) groups excluding carboxylic acids is 1. The van der Waals surface area contributed by atoms with Crippen LogP contribution in [-0.4, -0.2) is 15.9 Å². The number of benzene rings is 1. The first kappa shape index (κ1) is 14.4. The van der Waals surface area contributed by atoms with E-state index in [1.54, 1.807) is 0 Å². The van der Waals surface area contributed by atoms with E-state index in [4.69, 9.17) is 0 Å². The van der Waals surface area contributed by atoms with Crippen LogP contribution < -0.4 is 5.11 Å². The van der Waals surface area contributed by atoms with Crippen LogP contribution in [0.1, 0.15) is 16.1 Å². The summed E-state index contributed by atoms with van der Waals surface area (Å²) in [6, 6.07) is 4.15. The van der Waals surface area contributed by atoms with Crippen molar-refractivity contribution in [3.8, 4) is 11.3 Å². The fraction of sp³-hybridized carbons (Fsp3) is 0.0833. The van der Waals surface area contributed by atoms with Gasteiger partial charge in [-0.25, -0.2) is 9.97 Å². The minimum absolute atomic E-state index is 0.125. The normalized spacial score (nSPS) is 11.4. The predicted octanol–water partition coefficient (Wildman–Crippen LogP) is 2.29. The maximum absolute atomic E-state index is 12.4. The van der Waals surface area contributed by atoms with Crippen LogP contribution in [0.4, 0.5) is 13.2 Å². The van der Waals surface area contributed by atoms with Crippen LogP contribution in [0, 0.1) is 0 Å². The molecule has 1 heterocycles. The highest BCUT2D eigenvalue weighted by Gasteiger charge is 2.30. The predicted molar refractivity (Wildman–Crippen MR) is 64.5 cm³/mol. The van der Waals surface area contributed by atoms with E-state index >= 15 is 0 Å². The van der Waals surface area contributed by atoms with Crippen molar-refractivity contribution in [2.75, 3.05) is 0 Å². The molecule has 1 aromatic heterocycles. The van der Waals surface area contributed by atoms with Gasteiger partial charge in [0.25, 0.3) is 0 Å². The van der Waals surface area contributed by atoms with Gasteiger partial charge in [-0.2, -0.15) is 13.2 Å². The molecule has 104 valence electrons. The number of nitrogens with zero attached hydrogens (tertiary/aromatic N) is 2. The first-order valence-corrected chi connectivity index (χ1v) is 6.00. The Labute approximate surface area is 119 Å². The van der Waals surface area contributed by atoms with Gasteiger partial charge in [0.1, 0.15) is 16.0 Å². The molecule has 0 spiro atoms. The monoisotopic (exact) mass is 345 g/mol. The molecule has 0 unspecified atom stereocenters. The zero-order valence-corrected chi connectivity index (χ0v) is 11.2. The molecular weight excluding hydrogens is 341 g/mol. The Morgan fingerprint density at radius 1 is 1.20 bits per heavy atom. The molecule has 0 N–H and O–H groups in total. The topological polar surface area (TPSA) is 65.9 Å². The lowest BCUT2D eigenvalue weighted by atomic mass is 10.1. The van der Waals surface area contributed by atoms with Crippen LogP contribution >= 0.6 is 15.9 Å². The van der Waals surface area contributed by atoms with Gasteiger partial charge in [-0.05, 0) is 28.1 Å². The van der Waals surface area contributed by atoms with E-state index in [1.165, 1.54) is 12.1 Å². The summed E-state index contributed by atoms with van der Waals surface area (Å²) in [6.07, 6.45) is -3.44. The second-order valence-electron chi connectivity index (χ2n) is 3.76. The van der Waals surface area contributed by atoms with Crippen LogP contribution in [0.25, 0.3) is 11.3 Å². The molecule has 4 nitrogen and oxygen atoms in total. The molecule has 20 heavy (non-hydrogen) atoms. The fourth-order valence-corrected chi connectivity index (χ4v) is 1.89. The number of carboxylic acid groups (broad SMARTS) is 1. The lowest BCUT2D eigenvalue weighted by Crippen LogP contribution is -2.24. The lowest BCUT2D eigenvalue weighted by molar-refractivity contribution is -0.255. The Bertz CT molecular complexity index is 657. The Hall–Kier alpha value is -1.96. The molecule has 0 fully saturated rings. The molecule has 2 rings (SSSR count). The third-order valence-electron chi connectivity index (χ3n) is 2.42. The molecular formula is C12H5BrF3N2O2-. The molecule has 0 radical (unpaired) electrons. The maximum Gasteiger partial charge on any atom is 0.416 e. The summed E-state index contributed by atoms with van der Waals surface area (Å²) in [5.74, 6) is -1.52. The largest absolute Gasteiger partial charge is 0.543 e. The Morgan fingerprint density at radius 2 is 1.80 bits per heavy atom. The van der Waals surface area contributed by atoms with Gasteiger partial charge in [-0.15, -0.1) is 0 Å². The first-order valence-electron chi connectivity index (χ1n) is 5.20. The van der Waals surface area contributed by atoms with Gasteiger partial charge in [0, 0.05) is 5.56 Å². The molecule has 2 aromatic rings. The van der Waals surface area contributed by atoms with Crippen molar-refractivity contribution in [2.24, 2.45) is 0 Å². The second kappa shape index (κ2) is 5.20. The third kappa shape index (κ3) is 2.96. The molecule has 0 saturated heterocycles. The SMILES string of the molecule is O=C([O-])c1cnc(Br)c(-c2ccc(C(F)(F)F)cc2)n1. The summed E-state index contributed by atoms with van der Waals surface area (Å²) in [6.45, 7) is 0. The number of aromatic carboxylic acids is 1. The molecule has 0 aliphatic carbocycles. The summed E-state index contributed by atoms with van der Waals surface area (Å²) in [7, 11) is 0. The number of aromatic nitrogens is 2. The number of carboxylic acids is 1. The average Bonchev–Trinajstić information content (AvgIpc) is 2.38. The lowest BCUT2D eigenvalue weighted by Gasteiger charge is -2.09. The van der Waals surface area contributed by atoms with Gasteiger partial charge in [-0.3, -0.25) is 0 Å². The molecule has 0 aliphatic rings. The van der Waals surface area contributed by atoms with E-state index in [0.717, 1.165) is 18.3 Å². The number of halogens is 4. The van der Waals surface area contributed by atoms with E-state index < -0.39 is 23.4 Å². The number of rotatable bonds is 2. The van der Waals surface area contributed by atoms with Crippen molar-refractivity contribution in [1.82, 2.24) is 9.97 Å². The van der Waals surface area contributed by atoms with Gasteiger partial charge >= 0.3 is 6.18 Å². The second-order valence-corrected chi connectivity index (χ2v) is 4.51. The molecule has 0 aliphatic heterocycles. The molecule has 1 aromatic carbocycles. The number of hydrogen-bond acceptors (Lipinski definition) is 4. The zero-order valence-electron chi connectivity index (χ0n) is 9.61. The van der Waals surface area contributed by atoms with Gasteiger partial charge < -0.3 is 9.90 Å². The fourth-order valence-electron chi connectivity index (χ4n) is 1.47. The van der Waals surface area contributed by atoms with Crippen molar-refractivity contribution >= 4 is 21.9 Å². The molecule has 0 saturated carbocycles. The van der Waals surface area contributed by atoms with Gasteiger partial charge in [0.05, 0.1) is 17.7 Å². The maximum atomic E-state index is 12.4. The van der Waals surface area contributed by atoms with Gasteiger partial charge in [-0.1, -0.05) is 12.1 Å². The molecule has 0 amide bonds. The number of alkyl halides is 3. The number of carbonyl (C=O) groups is 1. The molecule has 8 heteroatoms. The summed E-state index contributed by atoms with van der Waals surface area (Å²) in [5, 5.41) is 10.7. The van der Waals surface area contributed by atoms with E-state index in [-0.39, 0.29) is 10.3 Å². The zero-order chi connectivity index (χ0) is 14.9. The standard InChI is InChI=1S/C12H6BrF3N2O2/c13-10-9(18-8(5-17-10)11(19)20)6-1-3-7(4-2-6)12(14,15)16/h1-5H,(H,19,20)/p-1. The van der Waals surface area contributed by atoms with Crippen molar-refractivity contribution in [2.45, 2.75) is 6.18 Å². The van der Waals surface area contributed by atoms with E-state index in [1.807, 2.05) is 0 Å². The average molecular weight is 346 g/mol. The Morgan fingerprint density at radius 3 is 2.30 bits per heavy atom. The van der Waals surface area contributed by atoms with Crippen LogP contribution in [0.3, 0.4) is 0 Å².